The van der Waals surface area contributed by atoms with Gasteiger partial charge in [0.15, 0.2) is 0 Å². The van der Waals surface area contributed by atoms with Gasteiger partial charge in [0.05, 0.1) is 52.9 Å². The molecule has 5 nitrogen and oxygen atoms in total. The monoisotopic (exact) mass is 261 g/mol. The lowest BCUT2D eigenvalue weighted by atomic mass is 10.6. The molecule has 0 bridgehead atoms. The normalized spacial score (nSPS) is 11.1. The summed E-state index contributed by atoms with van der Waals surface area (Å²) in [5, 5.41) is 0. The minimum atomic E-state index is 0.574. The zero-order valence-electron chi connectivity index (χ0n) is 11.7. The quantitative estimate of drug-likeness (QED) is 0.342. The van der Waals surface area contributed by atoms with Crippen LogP contribution in [0, 0.1) is 0 Å². The van der Waals surface area contributed by atoms with Crippen LogP contribution < -0.4 is 0 Å². The zero-order chi connectivity index (χ0) is 13.5. The van der Waals surface area contributed by atoms with Gasteiger partial charge in [-0.3, -0.25) is 0 Å². The van der Waals surface area contributed by atoms with E-state index in [1.165, 1.54) is 0 Å². The van der Waals surface area contributed by atoms with Gasteiger partial charge in [-0.15, -0.1) is 6.58 Å². The molecule has 0 saturated carbocycles. The first-order valence-electron chi connectivity index (χ1n) is 6.34. The van der Waals surface area contributed by atoms with Crippen LogP contribution in [0.1, 0.15) is 0 Å². The largest absolute Gasteiger partial charge is 0.378 e. The third kappa shape index (κ3) is 15.5. The minimum Gasteiger partial charge on any atom is -0.378 e. The molecule has 0 aromatic heterocycles. The summed E-state index contributed by atoms with van der Waals surface area (Å²) in [6, 6.07) is 0. The molecule has 0 spiro atoms. The van der Waals surface area contributed by atoms with E-state index < -0.39 is 0 Å². The van der Waals surface area contributed by atoms with Crippen LogP contribution in [0.4, 0.5) is 0 Å². The van der Waals surface area contributed by atoms with Gasteiger partial charge in [-0.25, -0.2) is 0 Å². The highest BCUT2D eigenvalue weighted by molar-refractivity contribution is 4.63. The van der Waals surface area contributed by atoms with Crippen LogP contribution >= 0.6 is 0 Å². The van der Waals surface area contributed by atoms with Crippen molar-refractivity contribution in [1.82, 2.24) is 4.90 Å². The molecule has 0 aliphatic carbocycles. The van der Waals surface area contributed by atoms with E-state index in [-0.39, 0.29) is 0 Å². The van der Waals surface area contributed by atoms with Gasteiger partial charge in [-0.2, -0.15) is 0 Å². The van der Waals surface area contributed by atoms with Crippen LogP contribution in [0.15, 0.2) is 12.7 Å². The molecule has 0 saturated heterocycles. The van der Waals surface area contributed by atoms with Crippen molar-refractivity contribution in [1.29, 1.82) is 0 Å². The number of nitrogens with zero attached hydrogens (tertiary/aromatic N) is 1. The molecule has 0 aromatic carbocycles. The summed E-state index contributed by atoms with van der Waals surface area (Å²) >= 11 is 0. The van der Waals surface area contributed by atoms with Crippen LogP contribution in [0.5, 0.6) is 0 Å². The Hall–Kier alpha value is -0.460. The number of rotatable bonds is 14. The average Bonchev–Trinajstić information content (AvgIpc) is 2.34. The van der Waals surface area contributed by atoms with Crippen molar-refractivity contribution < 1.29 is 18.9 Å². The molecule has 0 aliphatic rings. The van der Waals surface area contributed by atoms with E-state index in [0.29, 0.717) is 46.2 Å². The van der Waals surface area contributed by atoms with Crippen LogP contribution in [-0.2, 0) is 18.9 Å². The lowest BCUT2D eigenvalue weighted by molar-refractivity contribution is -0.000355. The summed E-state index contributed by atoms with van der Waals surface area (Å²) in [5.74, 6) is 0. The smallest absolute Gasteiger partial charge is 0.0704 e. The van der Waals surface area contributed by atoms with Gasteiger partial charge >= 0.3 is 0 Å². The zero-order valence-corrected chi connectivity index (χ0v) is 11.7. The van der Waals surface area contributed by atoms with Gasteiger partial charge in [0, 0.05) is 6.54 Å². The Labute approximate surface area is 111 Å². The maximum Gasteiger partial charge on any atom is 0.0704 e. The molecule has 0 N–H and O–H groups in total. The summed E-state index contributed by atoms with van der Waals surface area (Å²) < 4.78 is 21.2. The molecular weight excluding hydrogens is 234 g/mol. The lowest BCUT2D eigenvalue weighted by Crippen LogP contribution is -2.19. The molecule has 0 unspecified atom stereocenters. The summed E-state index contributed by atoms with van der Waals surface area (Å²) in [5.41, 5.74) is 0. The van der Waals surface area contributed by atoms with Crippen LogP contribution in [0.25, 0.3) is 0 Å². The predicted octanol–water partition coefficient (Wildman–Crippen LogP) is 0.800. The first-order valence-corrected chi connectivity index (χ1v) is 6.34. The van der Waals surface area contributed by atoms with Crippen molar-refractivity contribution in [3.8, 4) is 0 Å². The Morgan fingerprint density at radius 3 is 1.67 bits per heavy atom. The fraction of sp³-hybridized carbons (Fsp3) is 0.846. The van der Waals surface area contributed by atoms with E-state index in [4.69, 9.17) is 18.9 Å². The molecule has 0 rings (SSSR count). The molecule has 0 fully saturated rings. The minimum absolute atomic E-state index is 0.574. The summed E-state index contributed by atoms with van der Waals surface area (Å²) in [4.78, 5) is 2.09. The van der Waals surface area contributed by atoms with Gasteiger partial charge in [0.25, 0.3) is 0 Å². The van der Waals surface area contributed by atoms with Crippen molar-refractivity contribution in [2.24, 2.45) is 0 Å². The van der Waals surface area contributed by atoms with Gasteiger partial charge in [-0.1, -0.05) is 6.08 Å². The van der Waals surface area contributed by atoms with Gasteiger partial charge < -0.3 is 23.8 Å². The number of likely N-dealkylation sites (N-methyl/N-ethyl adjacent to an activating group) is 1. The Kier molecular flexibility index (Phi) is 14.2. The number of hydrogen-bond donors (Lipinski definition) is 0. The Morgan fingerprint density at radius 1 is 0.778 bits per heavy atom. The summed E-state index contributed by atoms with van der Waals surface area (Å²) in [7, 11) is 4.05. The Bertz CT molecular complexity index is 176. The summed E-state index contributed by atoms with van der Waals surface area (Å²) in [6.45, 7) is 9.44. The van der Waals surface area contributed by atoms with Gasteiger partial charge in [-0.05, 0) is 14.1 Å². The molecule has 18 heavy (non-hydrogen) atoms. The number of ether oxygens (including phenoxy) is 4. The molecule has 108 valence electrons. The van der Waals surface area contributed by atoms with E-state index in [9.17, 15) is 0 Å². The Morgan fingerprint density at radius 2 is 1.22 bits per heavy atom. The first-order chi connectivity index (χ1) is 8.77. The summed E-state index contributed by atoms with van der Waals surface area (Å²) in [6.07, 6.45) is 1.72. The second-order valence-corrected chi connectivity index (χ2v) is 4.00. The predicted molar refractivity (Wildman–Crippen MR) is 72.0 cm³/mol. The van der Waals surface area contributed by atoms with E-state index >= 15 is 0 Å². The molecule has 0 heterocycles. The van der Waals surface area contributed by atoms with Crippen molar-refractivity contribution in [3.05, 3.63) is 12.7 Å². The maximum atomic E-state index is 5.38. The SMILES string of the molecule is C=CCOCCOCCOCCOCCN(C)C. The topological polar surface area (TPSA) is 40.2 Å². The third-order valence-corrected chi connectivity index (χ3v) is 2.03. The fourth-order valence-electron chi connectivity index (χ4n) is 1.07. The number of hydrogen-bond acceptors (Lipinski definition) is 5. The molecule has 0 atom stereocenters. The average molecular weight is 261 g/mol. The van der Waals surface area contributed by atoms with Crippen molar-refractivity contribution >= 4 is 0 Å². The van der Waals surface area contributed by atoms with Crippen LogP contribution in [0.3, 0.4) is 0 Å². The van der Waals surface area contributed by atoms with E-state index in [1.807, 2.05) is 14.1 Å². The first kappa shape index (κ1) is 17.5. The Balaban J connectivity index is 2.92. The molecule has 0 radical (unpaired) electrons. The van der Waals surface area contributed by atoms with Crippen molar-refractivity contribution in [2.75, 3.05) is 73.5 Å². The second-order valence-electron chi connectivity index (χ2n) is 4.00. The molecule has 0 aliphatic heterocycles. The highest BCUT2D eigenvalue weighted by atomic mass is 16.6. The van der Waals surface area contributed by atoms with Crippen LogP contribution in [-0.4, -0.2) is 78.4 Å². The molecular formula is C13H27NO4. The second kappa shape index (κ2) is 14.6. The van der Waals surface area contributed by atoms with E-state index in [0.717, 1.165) is 13.2 Å². The van der Waals surface area contributed by atoms with Gasteiger partial charge in [0.1, 0.15) is 0 Å². The standard InChI is InChI=1S/C13H27NO4/c1-4-6-15-8-10-17-12-13-18-11-9-16-7-5-14(2)3/h4H,1,5-13H2,2-3H3. The molecule has 0 aromatic rings. The van der Waals surface area contributed by atoms with Crippen molar-refractivity contribution in [3.63, 3.8) is 0 Å². The van der Waals surface area contributed by atoms with Crippen molar-refractivity contribution in [2.45, 2.75) is 0 Å². The van der Waals surface area contributed by atoms with Gasteiger partial charge in [0.2, 0.25) is 0 Å². The maximum absolute atomic E-state index is 5.38. The highest BCUT2D eigenvalue weighted by Crippen LogP contribution is 1.83. The lowest BCUT2D eigenvalue weighted by Gasteiger charge is -2.10. The van der Waals surface area contributed by atoms with E-state index in [1.54, 1.807) is 6.08 Å². The fourth-order valence-corrected chi connectivity index (χ4v) is 1.07. The molecule has 5 heteroatoms. The molecule has 0 amide bonds. The highest BCUT2D eigenvalue weighted by Gasteiger charge is 1.93. The van der Waals surface area contributed by atoms with Crippen LogP contribution in [0.2, 0.25) is 0 Å². The van der Waals surface area contributed by atoms with E-state index in [2.05, 4.69) is 11.5 Å². The third-order valence-electron chi connectivity index (χ3n) is 2.03.